The molecule has 0 spiro atoms. The molecule has 7 nitrogen and oxygen atoms in total. The van der Waals surface area contributed by atoms with Gasteiger partial charge in [0.05, 0.1) is 17.6 Å². The minimum atomic E-state index is -0.843. The lowest BCUT2D eigenvalue weighted by Gasteiger charge is -2.64. The summed E-state index contributed by atoms with van der Waals surface area (Å²) in [7, 11) is 0. The SMILES string of the molecule is CC(=O)OC[C@]12CC[C@H](OC(C)=O)C[C@@H]1CC[C@@H]1[C@@H]2CC[C@]2(C)[C@@H]([C@H](C)OC(=O)C(C)(C)C)CC[C@]12O. The Hall–Kier alpha value is -1.63. The summed E-state index contributed by atoms with van der Waals surface area (Å²) in [6.45, 7) is 13.1. The number of hydrogen-bond donors (Lipinski definition) is 1. The van der Waals surface area contributed by atoms with E-state index in [4.69, 9.17) is 14.2 Å². The Kier molecular flexibility index (Phi) is 7.55. The molecule has 0 heterocycles. The molecule has 0 aliphatic heterocycles. The lowest BCUT2D eigenvalue weighted by atomic mass is 9.43. The van der Waals surface area contributed by atoms with Gasteiger partial charge in [0.1, 0.15) is 12.2 Å². The first-order chi connectivity index (χ1) is 17.1. The fraction of sp³-hybridized carbons (Fsp3) is 0.900. The molecule has 4 aliphatic carbocycles. The number of aliphatic hydroxyl groups is 1. The number of carbonyl (C=O) groups excluding carboxylic acids is 3. The molecule has 0 aromatic rings. The Morgan fingerprint density at radius 1 is 0.946 bits per heavy atom. The van der Waals surface area contributed by atoms with Crippen molar-refractivity contribution in [1.82, 2.24) is 0 Å². The van der Waals surface area contributed by atoms with Crippen LogP contribution < -0.4 is 0 Å². The van der Waals surface area contributed by atoms with Crippen molar-refractivity contribution in [3.05, 3.63) is 0 Å². The minimum absolute atomic E-state index is 0.0874. The van der Waals surface area contributed by atoms with Crippen molar-refractivity contribution in [3.63, 3.8) is 0 Å². The highest BCUT2D eigenvalue weighted by atomic mass is 16.5. The highest BCUT2D eigenvalue weighted by molar-refractivity contribution is 5.75. The van der Waals surface area contributed by atoms with Crippen LogP contribution in [0.5, 0.6) is 0 Å². The molecule has 4 rings (SSSR count). The van der Waals surface area contributed by atoms with Gasteiger partial charge in [-0.2, -0.15) is 0 Å². The maximum Gasteiger partial charge on any atom is 0.311 e. The summed E-state index contributed by atoms with van der Waals surface area (Å²) >= 11 is 0. The van der Waals surface area contributed by atoms with Crippen LogP contribution >= 0.6 is 0 Å². The van der Waals surface area contributed by atoms with E-state index in [9.17, 15) is 19.5 Å². The van der Waals surface area contributed by atoms with Gasteiger partial charge in [0.25, 0.3) is 0 Å². The van der Waals surface area contributed by atoms with Crippen molar-refractivity contribution in [2.24, 2.45) is 39.9 Å². The summed E-state index contributed by atoms with van der Waals surface area (Å²) in [5.74, 6) is 0.0408. The summed E-state index contributed by atoms with van der Waals surface area (Å²) in [5.41, 5.74) is -1.95. The standard InChI is InChI=1S/C30H48O7/c1-18(36-26(33)27(4,5)6)23-12-15-30(34)25-9-8-21-16-22(37-20(3)32)10-14-29(21,17-35-19(2)31)24(25)11-13-28(23,30)7/h18,21-25,34H,8-17H2,1-7H3/t18-,21-,22-,23+,24-,25+,28+,29+,30-/m0/s1. The number of fused-ring (bicyclic) bond motifs is 5. The summed E-state index contributed by atoms with van der Waals surface area (Å²) in [6.07, 6.45) is 7.24. The number of esters is 3. The summed E-state index contributed by atoms with van der Waals surface area (Å²) in [4.78, 5) is 36.2. The van der Waals surface area contributed by atoms with Crippen LogP contribution in [0.25, 0.3) is 0 Å². The summed E-state index contributed by atoms with van der Waals surface area (Å²) in [6, 6.07) is 0. The molecule has 0 saturated heterocycles. The first-order valence-electron chi connectivity index (χ1n) is 14.4. The van der Waals surface area contributed by atoms with Crippen molar-refractivity contribution in [1.29, 1.82) is 0 Å². The van der Waals surface area contributed by atoms with Crippen LogP contribution in [-0.4, -0.2) is 47.4 Å². The summed E-state index contributed by atoms with van der Waals surface area (Å²) < 4.78 is 17.3. The predicted molar refractivity (Wildman–Crippen MR) is 138 cm³/mol. The quantitative estimate of drug-likeness (QED) is 0.392. The number of carbonyl (C=O) groups is 3. The average Bonchev–Trinajstić information content (AvgIpc) is 3.08. The number of ether oxygens (including phenoxy) is 3. The van der Waals surface area contributed by atoms with Crippen molar-refractivity contribution in [3.8, 4) is 0 Å². The van der Waals surface area contributed by atoms with Gasteiger partial charge in [-0.05, 0) is 103 Å². The third kappa shape index (κ3) is 4.83. The molecule has 4 aliphatic rings. The Balaban J connectivity index is 1.60. The monoisotopic (exact) mass is 520 g/mol. The third-order valence-electron chi connectivity index (χ3n) is 10.9. The average molecular weight is 521 g/mol. The fourth-order valence-electron chi connectivity index (χ4n) is 9.06. The normalized spacial score (nSPS) is 42.0. The maximum absolute atomic E-state index is 12.7. The van der Waals surface area contributed by atoms with Gasteiger partial charge in [0.15, 0.2) is 0 Å². The first-order valence-corrected chi connectivity index (χ1v) is 14.4. The van der Waals surface area contributed by atoms with E-state index in [0.717, 1.165) is 51.4 Å². The molecule has 210 valence electrons. The molecular formula is C30H48O7. The molecule has 0 radical (unpaired) electrons. The predicted octanol–water partition coefficient (Wildman–Crippen LogP) is 5.21. The second kappa shape index (κ2) is 9.84. The zero-order valence-corrected chi connectivity index (χ0v) is 23.9. The van der Waals surface area contributed by atoms with Crippen LogP contribution in [0.1, 0.15) is 106 Å². The molecule has 0 amide bonds. The highest BCUT2D eigenvalue weighted by Gasteiger charge is 2.69. The van der Waals surface area contributed by atoms with Crippen LogP contribution in [0.4, 0.5) is 0 Å². The van der Waals surface area contributed by atoms with E-state index < -0.39 is 11.0 Å². The zero-order chi connectivity index (χ0) is 27.4. The lowest BCUT2D eigenvalue weighted by molar-refractivity contribution is -0.230. The van der Waals surface area contributed by atoms with Crippen molar-refractivity contribution in [2.75, 3.05) is 6.61 Å². The van der Waals surface area contributed by atoms with Crippen LogP contribution in [0.2, 0.25) is 0 Å². The van der Waals surface area contributed by atoms with Gasteiger partial charge in [-0.1, -0.05) is 6.92 Å². The van der Waals surface area contributed by atoms with Crippen molar-refractivity contribution in [2.45, 2.75) is 124 Å². The maximum atomic E-state index is 12.7. The van der Waals surface area contributed by atoms with Gasteiger partial charge >= 0.3 is 17.9 Å². The van der Waals surface area contributed by atoms with Crippen LogP contribution in [-0.2, 0) is 28.6 Å². The van der Waals surface area contributed by atoms with Gasteiger partial charge in [-0.15, -0.1) is 0 Å². The van der Waals surface area contributed by atoms with E-state index in [2.05, 4.69) is 6.92 Å². The van der Waals surface area contributed by atoms with Crippen molar-refractivity contribution >= 4 is 17.9 Å². The van der Waals surface area contributed by atoms with Crippen molar-refractivity contribution < 1.29 is 33.7 Å². The molecule has 9 atom stereocenters. The molecular weight excluding hydrogens is 472 g/mol. The molecule has 4 fully saturated rings. The van der Waals surface area contributed by atoms with E-state index in [1.807, 2.05) is 27.7 Å². The minimum Gasteiger partial charge on any atom is -0.465 e. The van der Waals surface area contributed by atoms with Crippen LogP contribution in [0.15, 0.2) is 0 Å². The third-order valence-corrected chi connectivity index (χ3v) is 10.9. The van der Waals surface area contributed by atoms with Gasteiger partial charge in [-0.25, -0.2) is 0 Å². The topological polar surface area (TPSA) is 99.1 Å². The van der Waals surface area contributed by atoms with E-state index in [1.165, 1.54) is 13.8 Å². The Morgan fingerprint density at radius 2 is 1.65 bits per heavy atom. The largest absolute Gasteiger partial charge is 0.465 e. The summed E-state index contributed by atoms with van der Waals surface area (Å²) in [5, 5.41) is 12.5. The van der Waals surface area contributed by atoms with Gasteiger partial charge in [0.2, 0.25) is 0 Å². The molecule has 0 unspecified atom stereocenters. The molecule has 7 heteroatoms. The highest BCUT2D eigenvalue weighted by Crippen LogP contribution is 2.69. The second-order valence-corrected chi connectivity index (χ2v) is 13.9. The van der Waals surface area contributed by atoms with Gasteiger partial charge in [-0.3, -0.25) is 14.4 Å². The van der Waals surface area contributed by atoms with E-state index in [-0.39, 0.29) is 58.7 Å². The van der Waals surface area contributed by atoms with Crippen LogP contribution in [0, 0.1) is 39.9 Å². The van der Waals surface area contributed by atoms with Gasteiger partial charge < -0.3 is 19.3 Å². The molecule has 4 saturated carbocycles. The lowest BCUT2D eigenvalue weighted by Crippen LogP contribution is -2.64. The van der Waals surface area contributed by atoms with E-state index in [0.29, 0.717) is 18.9 Å². The van der Waals surface area contributed by atoms with Gasteiger partial charge in [0, 0.05) is 30.6 Å². The smallest absolute Gasteiger partial charge is 0.311 e. The Labute approximate surface area is 222 Å². The van der Waals surface area contributed by atoms with E-state index in [1.54, 1.807) is 0 Å². The second-order valence-electron chi connectivity index (χ2n) is 13.9. The van der Waals surface area contributed by atoms with Crippen LogP contribution in [0.3, 0.4) is 0 Å². The zero-order valence-electron chi connectivity index (χ0n) is 23.9. The fourth-order valence-corrected chi connectivity index (χ4v) is 9.06. The molecule has 1 N–H and O–H groups in total. The first kappa shape index (κ1) is 28.4. The number of rotatable bonds is 5. The molecule has 0 aromatic heterocycles. The van der Waals surface area contributed by atoms with E-state index >= 15 is 0 Å². The Morgan fingerprint density at radius 3 is 2.27 bits per heavy atom. The molecule has 0 aromatic carbocycles. The number of hydrogen-bond acceptors (Lipinski definition) is 7. The Bertz CT molecular complexity index is 908. The molecule has 0 bridgehead atoms. The molecule has 37 heavy (non-hydrogen) atoms.